The lowest BCUT2D eigenvalue weighted by Crippen LogP contribution is -2.50. The predicted molar refractivity (Wildman–Crippen MR) is 61.8 cm³/mol. The molecule has 0 spiro atoms. The molecule has 3 heterocycles. The highest BCUT2D eigenvalue weighted by Gasteiger charge is 2.60. The van der Waals surface area contributed by atoms with E-state index in [1.54, 1.807) is 0 Å². The second kappa shape index (κ2) is 4.74. The van der Waals surface area contributed by atoms with Crippen LogP contribution in [0.25, 0.3) is 0 Å². The third kappa shape index (κ3) is 2.16. The van der Waals surface area contributed by atoms with E-state index >= 15 is 0 Å². The SMILES string of the molecule is FC(F)(F)C1(c2nnn(Cc3cnsn3)n2)CCCN1. The summed E-state index contributed by atoms with van der Waals surface area (Å²) in [6.45, 7) is 0.432. The van der Waals surface area contributed by atoms with Crippen molar-refractivity contribution in [1.82, 2.24) is 34.3 Å². The Morgan fingerprint density at radius 1 is 1.45 bits per heavy atom. The maximum absolute atomic E-state index is 13.3. The van der Waals surface area contributed by atoms with Gasteiger partial charge in [-0.3, -0.25) is 5.32 Å². The summed E-state index contributed by atoms with van der Waals surface area (Å²) in [7, 11) is 0. The Bertz CT molecular complexity index is 573. The maximum atomic E-state index is 13.3. The summed E-state index contributed by atoms with van der Waals surface area (Å²) in [5, 5.41) is 13.6. The molecule has 1 unspecified atom stereocenters. The van der Waals surface area contributed by atoms with Crippen molar-refractivity contribution in [3.8, 4) is 0 Å². The molecule has 1 aliphatic heterocycles. The van der Waals surface area contributed by atoms with Gasteiger partial charge in [0.15, 0.2) is 5.54 Å². The molecule has 20 heavy (non-hydrogen) atoms. The summed E-state index contributed by atoms with van der Waals surface area (Å²) in [6.07, 6.45) is -2.61. The summed E-state index contributed by atoms with van der Waals surface area (Å²) in [5.41, 5.74) is -1.61. The van der Waals surface area contributed by atoms with Crippen LogP contribution in [0.5, 0.6) is 0 Å². The molecule has 1 fully saturated rings. The summed E-state index contributed by atoms with van der Waals surface area (Å²) in [4.78, 5) is 1.10. The molecule has 11 heteroatoms. The fraction of sp³-hybridized carbons (Fsp3) is 0.667. The van der Waals surface area contributed by atoms with Gasteiger partial charge in [-0.2, -0.15) is 26.7 Å². The van der Waals surface area contributed by atoms with Crippen LogP contribution in [0.3, 0.4) is 0 Å². The molecule has 108 valence electrons. The predicted octanol–water partition coefficient (Wildman–Crippen LogP) is 0.714. The minimum atomic E-state index is -4.46. The van der Waals surface area contributed by atoms with Gasteiger partial charge in [-0.1, -0.05) is 0 Å². The van der Waals surface area contributed by atoms with Crippen LogP contribution in [0.2, 0.25) is 0 Å². The first-order chi connectivity index (χ1) is 9.51. The van der Waals surface area contributed by atoms with Crippen molar-refractivity contribution in [2.24, 2.45) is 0 Å². The Morgan fingerprint density at radius 3 is 2.90 bits per heavy atom. The van der Waals surface area contributed by atoms with Crippen LogP contribution in [0.15, 0.2) is 6.20 Å². The fourth-order valence-corrected chi connectivity index (χ4v) is 2.61. The Labute approximate surface area is 115 Å². The van der Waals surface area contributed by atoms with Gasteiger partial charge in [-0.05, 0) is 24.6 Å². The zero-order valence-corrected chi connectivity index (χ0v) is 10.9. The van der Waals surface area contributed by atoms with Gasteiger partial charge in [0, 0.05) is 0 Å². The van der Waals surface area contributed by atoms with Crippen molar-refractivity contribution in [3.63, 3.8) is 0 Å². The minimum absolute atomic E-state index is 0.0829. The first kappa shape index (κ1) is 13.4. The third-order valence-corrected chi connectivity index (χ3v) is 3.70. The number of hydrogen-bond donors (Lipinski definition) is 1. The summed E-state index contributed by atoms with van der Waals surface area (Å²) in [5.74, 6) is -0.342. The standard InChI is InChI=1S/C9H10F3N7S/c10-9(11,12)8(2-1-3-13-8)7-15-18-19(16-7)5-6-4-14-20-17-6/h4,13H,1-3,5H2. The highest BCUT2D eigenvalue weighted by molar-refractivity contribution is 6.99. The molecule has 2 aromatic rings. The number of hydrogen-bond acceptors (Lipinski definition) is 7. The number of nitrogens with zero attached hydrogens (tertiary/aromatic N) is 6. The largest absolute Gasteiger partial charge is 0.414 e. The minimum Gasteiger partial charge on any atom is -0.297 e. The maximum Gasteiger partial charge on any atom is 0.414 e. The zero-order valence-electron chi connectivity index (χ0n) is 10.1. The van der Waals surface area contributed by atoms with E-state index in [-0.39, 0.29) is 25.3 Å². The van der Waals surface area contributed by atoms with E-state index in [0.717, 1.165) is 16.5 Å². The molecule has 7 nitrogen and oxygen atoms in total. The van der Waals surface area contributed by atoms with Gasteiger partial charge in [-0.15, -0.1) is 10.2 Å². The molecular formula is C9H10F3N7S. The lowest BCUT2D eigenvalue weighted by Gasteiger charge is -2.28. The summed E-state index contributed by atoms with van der Waals surface area (Å²) < 4.78 is 47.6. The van der Waals surface area contributed by atoms with Gasteiger partial charge in [0.1, 0.15) is 6.54 Å². The van der Waals surface area contributed by atoms with Gasteiger partial charge in [-0.25, -0.2) is 0 Å². The van der Waals surface area contributed by atoms with Crippen LogP contribution < -0.4 is 5.32 Å². The monoisotopic (exact) mass is 305 g/mol. The second-order valence-corrected chi connectivity index (χ2v) is 5.03. The zero-order chi connectivity index (χ0) is 14.2. The third-order valence-electron chi connectivity index (χ3n) is 3.18. The molecule has 0 radical (unpaired) electrons. The average molecular weight is 305 g/mol. The first-order valence-corrected chi connectivity index (χ1v) is 6.61. The van der Waals surface area contributed by atoms with Crippen molar-refractivity contribution in [2.45, 2.75) is 31.1 Å². The molecule has 0 aliphatic carbocycles. The number of alkyl halides is 3. The molecule has 1 aliphatic rings. The van der Waals surface area contributed by atoms with E-state index in [0.29, 0.717) is 12.1 Å². The molecule has 0 amide bonds. The second-order valence-electron chi connectivity index (χ2n) is 4.48. The van der Waals surface area contributed by atoms with Crippen LogP contribution in [0, 0.1) is 0 Å². The Hall–Kier alpha value is -1.62. The number of nitrogens with one attached hydrogen (secondary N) is 1. The van der Waals surface area contributed by atoms with Gasteiger partial charge in [0.2, 0.25) is 5.82 Å². The molecule has 0 saturated carbocycles. The van der Waals surface area contributed by atoms with Gasteiger partial charge in [0.25, 0.3) is 0 Å². The molecule has 1 saturated heterocycles. The van der Waals surface area contributed by atoms with E-state index in [4.69, 9.17) is 0 Å². The van der Waals surface area contributed by atoms with Crippen molar-refractivity contribution in [3.05, 3.63) is 17.7 Å². The number of aromatic nitrogens is 6. The molecule has 1 atom stereocenters. The van der Waals surface area contributed by atoms with Gasteiger partial charge in [0.05, 0.1) is 23.6 Å². The Kier molecular flexibility index (Phi) is 3.17. The van der Waals surface area contributed by atoms with E-state index in [9.17, 15) is 13.2 Å². The fourth-order valence-electron chi connectivity index (χ4n) is 2.18. The van der Waals surface area contributed by atoms with E-state index < -0.39 is 11.7 Å². The molecule has 1 N–H and O–H groups in total. The van der Waals surface area contributed by atoms with Crippen LogP contribution >= 0.6 is 11.7 Å². The molecule has 0 aromatic carbocycles. The van der Waals surface area contributed by atoms with E-state index in [2.05, 4.69) is 29.5 Å². The first-order valence-electron chi connectivity index (χ1n) is 5.88. The lowest BCUT2D eigenvalue weighted by molar-refractivity contribution is -0.198. The highest BCUT2D eigenvalue weighted by Crippen LogP contribution is 2.43. The van der Waals surface area contributed by atoms with Crippen LogP contribution in [0.4, 0.5) is 13.2 Å². The van der Waals surface area contributed by atoms with E-state index in [1.165, 1.54) is 6.20 Å². The molecular weight excluding hydrogens is 295 g/mol. The molecule has 0 bridgehead atoms. The van der Waals surface area contributed by atoms with Crippen molar-refractivity contribution < 1.29 is 13.2 Å². The Morgan fingerprint density at radius 2 is 2.30 bits per heavy atom. The van der Waals surface area contributed by atoms with Crippen LogP contribution in [0.1, 0.15) is 24.4 Å². The lowest BCUT2D eigenvalue weighted by atomic mass is 9.96. The number of halogens is 3. The number of rotatable bonds is 3. The molecule has 3 rings (SSSR count). The smallest absolute Gasteiger partial charge is 0.297 e. The quantitative estimate of drug-likeness (QED) is 0.899. The normalized spacial score (nSPS) is 23.4. The van der Waals surface area contributed by atoms with Gasteiger partial charge >= 0.3 is 6.18 Å². The summed E-state index contributed by atoms with van der Waals surface area (Å²) in [6, 6.07) is 0. The van der Waals surface area contributed by atoms with Crippen molar-refractivity contribution in [1.29, 1.82) is 0 Å². The summed E-state index contributed by atoms with van der Waals surface area (Å²) >= 11 is 1.01. The van der Waals surface area contributed by atoms with Crippen LogP contribution in [-0.4, -0.2) is 41.7 Å². The average Bonchev–Trinajstić information content (AvgIpc) is 3.08. The van der Waals surface area contributed by atoms with E-state index in [1.807, 2.05) is 0 Å². The van der Waals surface area contributed by atoms with Crippen LogP contribution in [-0.2, 0) is 12.1 Å². The Balaban J connectivity index is 1.88. The molecule has 2 aromatic heterocycles. The van der Waals surface area contributed by atoms with Crippen molar-refractivity contribution in [2.75, 3.05) is 6.54 Å². The topological polar surface area (TPSA) is 81.4 Å². The van der Waals surface area contributed by atoms with Crippen molar-refractivity contribution >= 4 is 11.7 Å². The van der Waals surface area contributed by atoms with Gasteiger partial charge < -0.3 is 0 Å². The highest BCUT2D eigenvalue weighted by atomic mass is 32.1. The number of tetrazole rings is 1.